The van der Waals surface area contributed by atoms with Crippen molar-refractivity contribution in [3.05, 3.63) is 82.4 Å². The van der Waals surface area contributed by atoms with Crippen LogP contribution in [0.1, 0.15) is 46.6 Å². The summed E-state index contributed by atoms with van der Waals surface area (Å²) in [5.41, 5.74) is 4.84. The molecule has 1 aromatic heterocycles. The van der Waals surface area contributed by atoms with E-state index in [1.165, 1.54) is 22.5 Å². The topological polar surface area (TPSA) is 54.8 Å². The smallest absolute Gasteiger partial charge is 0.357 e. The fourth-order valence-electron chi connectivity index (χ4n) is 3.21. The number of aromatic nitrogens is 1. The second-order valence-electron chi connectivity index (χ2n) is 6.62. The van der Waals surface area contributed by atoms with E-state index in [0.29, 0.717) is 17.4 Å². The highest BCUT2D eigenvalue weighted by atomic mass is 32.1. The molecule has 2 aromatic carbocycles. The first-order chi connectivity index (χ1) is 13.7. The quantitative estimate of drug-likeness (QED) is 0.575. The number of thiazole rings is 1. The Labute approximate surface area is 168 Å². The highest BCUT2D eigenvalue weighted by Gasteiger charge is 2.32. The molecule has 0 saturated carbocycles. The van der Waals surface area contributed by atoms with Gasteiger partial charge in [-0.2, -0.15) is 5.10 Å². The van der Waals surface area contributed by atoms with E-state index in [1.807, 2.05) is 23.2 Å². The van der Waals surface area contributed by atoms with Crippen LogP contribution in [0.3, 0.4) is 0 Å². The Balaban J connectivity index is 1.69. The maximum Gasteiger partial charge on any atom is 0.357 e. The molecule has 0 radical (unpaired) electrons. The minimum absolute atomic E-state index is 0.0405. The Bertz CT molecular complexity index is 996. The molecule has 1 atom stereocenters. The molecule has 6 heteroatoms. The average molecular weight is 391 g/mol. The van der Waals surface area contributed by atoms with Gasteiger partial charge in [0.2, 0.25) is 5.13 Å². The van der Waals surface area contributed by atoms with Crippen LogP contribution < -0.4 is 5.01 Å². The lowest BCUT2D eigenvalue weighted by atomic mass is 9.98. The normalized spacial score (nSPS) is 16.1. The SMILES string of the molecule is CCOC(=O)c1csc(N2N=C(c3ccc(C)cc3)CC2c2ccccc2)n1. The number of benzene rings is 2. The maximum atomic E-state index is 12.0. The fraction of sp³-hybridized carbons (Fsp3) is 0.227. The van der Waals surface area contributed by atoms with Crippen LogP contribution in [-0.2, 0) is 4.74 Å². The van der Waals surface area contributed by atoms with Crippen molar-refractivity contribution in [2.75, 3.05) is 11.6 Å². The molecule has 0 amide bonds. The van der Waals surface area contributed by atoms with Crippen LogP contribution in [0.25, 0.3) is 0 Å². The molecule has 2 heterocycles. The van der Waals surface area contributed by atoms with E-state index in [0.717, 1.165) is 17.7 Å². The Morgan fingerprint density at radius 2 is 1.93 bits per heavy atom. The Kier molecular flexibility index (Phi) is 5.21. The lowest BCUT2D eigenvalue weighted by molar-refractivity contribution is 0.0520. The zero-order valence-electron chi connectivity index (χ0n) is 15.8. The van der Waals surface area contributed by atoms with Crippen molar-refractivity contribution < 1.29 is 9.53 Å². The third-order valence-electron chi connectivity index (χ3n) is 4.65. The number of hydrogen-bond donors (Lipinski definition) is 0. The van der Waals surface area contributed by atoms with E-state index in [-0.39, 0.29) is 6.04 Å². The molecule has 0 aliphatic carbocycles. The van der Waals surface area contributed by atoms with Gasteiger partial charge in [-0.25, -0.2) is 14.8 Å². The molecule has 142 valence electrons. The van der Waals surface area contributed by atoms with Gasteiger partial charge in [0.05, 0.1) is 18.4 Å². The number of hydrogen-bond acceptors (Lipinski definition) is 6. The second-order valence-corrected chi connectivity index (χ2v) is 7.46. The molecule has 0 fully saturated rings. The number of ether oxygens (including phenoxy) is 1. The van der Waals surface area contributed by atoms with Gasteiger partial charge in [-0.15, -0.1) is 11.3 Å². The van der Waals surface area contributed by atoms with Crippen LogP contribution in [0.15, 0.2) is 65.1 Å². The van der Waals surface area contributed by atoms with Crippen LogP contribution in [0.2, 0.25) is 0 Å². The predicted octanol–water partition coefficient (Wildman–Crippen LogP) is 4.98. The molecule has 0 N–H and O–H groups in total. The zero-order valence-corrected chi connectivity index (χ0v) is 16.6. The number of nitrogens with zero attached hydrogens (tertiary/aromatic N) is 3. The van der Waals surface area contributed by atoms with Crippen molar-refractivity contribution >= 4 is 28.1 Å². The van der Waals surface area contributed by atoms with E-state index >= 15 is 0 Å². The van der Waals surface area contributed by atoms with E-state index in [9.17, 15) is 4.79 Å². The maximum absolute atomic E-state index is 12.0. The summed E-state index contributed by atoms with van der Waals surface area (Å²) in [5, 5.41) is 9.23. The van der Waals surface area contributed by atoms with Crippen molar-refractivity contribution in [3.8, 4) is 0 Å². The Morgan fingerprint density at radius 1 is 1.18 bits per heavy atom. The van der Waals surface area contributed by atoms with Crippen LogP contribution in [0, 0.1) is 6.92 Å². The molecule has 1 aliphatic rings. The van der Waals surface area contributed by atoms with E-state index < -0.39 is 5.97 Å². The molecule has 0 saturated heterocycles. The van der Waals surface area contributed by atoms with Gasteiger partial charge in [0.1, 0.15) is 0 Å². The largest absolute Gasteiger partial charge is 0.461 e. The van der Waals surface area contributed by atoms with Crippen molar-refractivity contribution in [2.45, 2.75) is 26.3 Å². The molecule has 3 aromatic rings. The molecular weight excluding hydrogens is 370 g/mol. The summed E-state index contributed by atoms with van der Waals surface area (Å²) in [7, 11) is 0. The summed E-state index contributed by atoms with van der Waals surface area (Å²) in [6.07, 6.45) is 0.779. The average Bonchev–Trinajstić information content (AvgIpc) is 3.37. The zero-order chi connectivity index (χ0) is 19.5. The number of carbonyl (C=O) groups is 1. The van der Waals surface area contributed by atoms with Gasteiger partial charge in [-0.3, -0.25) is 0 Å². The first kappa shape index (κ1) is 18.4. The third-order valence-corrected chi connectivity index (χ3v) is 5.48. The van der Waals surface area contributed by atoms with Crippen molar-refractivity contribution in [2.24, 2.45) is 5.10 Å². The van der Waals surface area contributed by atoms with Crippen molar-refractivity contribution in [1.82, 2.24) is 4.98 Å². The summed E-state index contributed by atoms with van der Waals surface area (Å²) in [4.78, 5) is 16.5. The third kappa shape index (κ3) is 3.68. The summed E-state index contributed by atoms with van der Waals surface area (Å²) >= 11 is 1.41. The molecular formula is C22H21N3O2S. The minimum Gasteiger partial charge on any atom is -0.461 e. The fourth-order valence-corrected chi connectivity index (χ4v) is 4.00. The molecule has 0 bridgehead atoms. The van der Waals surface area contributed by atoms with Gasteiger partial charge in [0.25, 0.3) is 0 Å². The molecule has 4 rings (SSSR count). The van der Waals surface area contributed by atoms with E-state index in [1.54, 1.807) is 12.3 Å². The highest BCUT2D eigenvalue weighted by molar-refractivity contribution is 7.13. The number of carbonyl (C=O) groups excluding carboxylic acids is 1. The summed E-state index contributed by atoms with van der Waals surface area (Å²) in [5.74, 6) is -0.400. The monoisotopic (exact) mass is 391 g/mol. The molecule has 1 aliphatic heterocycles. The Morgan fingerprint density at radius 3 is 2.64 bits per heavy atom. The van der Waals surface area contributed by atoms with Crippen LogP contribution in [0.4, 0.5) is 5.13 Å². The summed E-state index contributed by atoms with van der Waals surface area (Å²) in [6.45, 7) is 4.19. The van der Waals surface area contributed by atoms with Crippen LogP contribution in [-0.4, -0.2) is 23.3 Å². The molecule has 28 heavy (non-hydrogen) atoms. The van der Waals surface area contributed by atoms with Gasteiger partial charge in [-0.1, -0.05) is 60.2 Å². The van der Waals surface area contributed by atoms with E-state index in [2.05, 4.69) is 48.3 Å². The Hall–Kier alpha value is -2.99. The first-order valence-electron chi connectivity index (χ1n) is 9.27. The number of aryl methyl sites for hydroxylation is 1. The van der Waals surface area contributed by atoms with Crippen molar-refractivity contribution in [3.63, 3.8) is 0 Å². The summed E-state index contributed by atoms with van der Waals surface area (Å²) < 4.78 is 5.07. The molecule has 0 spiro atoms. The molecule has 1 unspecified atom stereocenters. The van der Waals surface area contributed by atoms with Gasteiger partial charge in [0, 0.05) is 11.8 Å². The van der Waals surface area contributed by atoms with Crippen LogP contribution in [0.5, 0.6) is 0 Å². The van der Waals surface area contributed by atoms with Gasteiger partial charge in [-0.05, 0) is 25.0 Å². The van der Waals surface area contributed by atoms with Gasteiger partial charge in [0.15, 0.2) is 5.69 Å². The minimum atomic E-state index is -0.400. The standard InChI is InChI=1S/C22H21N3O2S/c1-3-27-21(26)19-14-28-22(23-19)25-20(17-7-5-4-6-8-17)13-18(24-25)16-11-9-15(2)10-12-16/h4-12,14,20H,3,13H2,1-2H3. The number of rotatable bonds is 5. The number of esters is 1. The summed E-state index contributed by atoms with van der Waals surface area (Å²) in [6, 6.07) is 18.7. The highest BCUT2D eigenvalue weighted by Crippen LogP contribution is 2.38. The van der Waals surface area contributed by atoms with Gasteiger partial charge < -0.3 is 4.74 Å². The lowest BCUT2D eigenvalue weighted by Gasteiger charge is -2.21. The van der Waals surface area contributed by atoms with Crippen molar-refractivity contribution in [1.29, 1.82) is 0 Å². The second kappa shape index (κ2) is 7.94. The van der Waals surface area contributed by atoms with E-state index in [4.69, 9.17) is 9.84 Å². The van der Waals surface area contributed by atoms with Crippen LogP contribution >= 0.6 is 11.3 Å². The number of anilines is 1. The lowest BCUT2D eigenvalue weighted by Crippen LogP contribution is -2.18. The molecule has 5 nitrogen and oxygen atoms in total. The predicted molar refractivity (Wildman–Crippen MR) is 112 cm³/mol. The van der Waals surface area contributed by atoms with Gasteiger partial charge >= 0.3 is 5.97 Å². The number of hydrazone groups is 1. The first-order valence-corrected chi connectivity index (χ1v) is 10.1.